The monoisotopic (exact) mass is 508 g/mol. The van der Waals surface area contributed by atoms with Gasteiger partial charge >= 0.3 is 5.63 Å². The molecule has 5 rings (SSSR count). The lowest BCUT2D eigenvalue weighted by molar-refractivity contribution is 0.553. The number of anilines is 3. The minimum atomic E-state index is -1.34. The van der Waals surface area contributed by atoms with E-state index in [9.17, 15) is 18.2 Å². The minimum Gasteiger partial charge on any atom is -0.421 e. The fraction of sp³-hybridized carbons (Fsp3) is 0.269. The quantitative estimate of drug-likeness (QED) is 0.385. The molecule has 3 heterocycles. The standard InChI is InChI=1S/C26H25FN4O4S/c1-13-5-8-19(18(27)11-13)29-23-14(2)26(33)35-24-21(16-9-10-28-20(12-16)30-36(4)34)15(3)31(17-6-7-17)25(32)22(23)24/h5,8-12,17,29H,6-7H2,1-4H3,(H,28,30). The van der Waals surface area contributed by atoms with E-state index in [-0.39, 0.29) is 39.5 Å². The van der Waals surface area contributed by atoms with Crippen LogP contribution in [0.4, 0.5) is 21.6 Å². The van der Waals surface area contributed by atoms with Gasteiger partial charge in [0.2, 0.25) is 0 Å². The van der Waals surface area contributed by atoms with Gasteiger partial charge in [-0.3, -0.25) is 9.52 Å². The van der Waals surface area contributed by atoms with Gasteiger partial charge in [-0.1, -0.05) is 6.07 Å². The van der Waals surface area contributed by atoms with Crippen LogP contribution in [0.3, 0.4) is 0 Å². The number of halogens is 1. The second kappa shape index (κ2) is 9.02. The molecule has 0 bridgehead atoms. The largest absolute Gasteiger partial charge is 0.421 e. The molecule has 4 aromatic rings. The average Bonchev–Trinajstić information content (AvgIpc) is 3.63. The summed E-state index contributed by atoms with van der Waals surface area (Å²) < 4.78 is 36.7. The van der Waals surface area contributed by atoms with Crippen LogP contribution in [0.15, 0.2) is 50.5 Å². The van der Waals surface area contributed by atoms with Crippen molar-refractivity contribution in [3.05, 3.63) is 79.9 Å². The third-order valence-corrected chi connectivity index (χ3v) is 6.83. The Labute approximate surface area is 208 Å². The molecule has 186 valence electrons. The number of pyridine rings is 2. The maximum Gasteiger partial charge on any atom is 0.341 e. The smallest absolute Gasteiger partial charge is 0.341 e. The molecule has 0 radical (unpaired) electrons. The molecule has 2 N–H and O–H groups in total. The van der Waals surface area contributed by atoms with Crippen LogP contribution in [-0.2, 0) is 11.0 Å². The van der Waals surface area contributed by atoms with Crippen LogP contribution in [0.5, 0.6) is 0 Å². The highest BCUT2D eigenvalue weighted by Gasteiger charge is 2.31. The number of fused-ring (bicyclic) bond motifs is 1. The molecule has 0 amide bonds. The van der Waals surface area contributed by atoms with Gasteiger partial charge in [0, 0.05) is 29.8 Å². The minimum absolute atomic E-state index is 0.0272. The molecule has 1 atom stereocenters. The van der Waals surface area contributed by atoms with Gasteiger partial charge in [-0.05, 0) is 69.0 Å². The molecule has 1 saturated carbocycles. The van der Waals surface area contributed by atoms with Gasteiger partial charge < -0.3 is 14.3 Å². The first-order chi connectivity index (χ1) is 17.2. The summed E-state index contributed by atoms with van der Waals surface area (Å²) in [5, 5.41) is 3.17. The van der Waals surface area contributed by atoms with Crippen molar-refractivity contribution in [2.75, 3.05) is 16.3 Å². The summed E-state index contributed by atoms with van der Waals surface area (Å²) in [7, 11) is -1.34. The number of benzene rings is 1. The zero-order valence-electron chi connectivity index (χ0n) is 20.3. The van der Waals surface area contributed by atoms with Crippen molar-refractivity contribution in [1.29, 1.82) is 0 Å². The molecule has 0 saturated heterocycles. The molecule has 1 unspecified atom stereocenters. The number of rotatable bonds is 6. The van der Waals surface area contributed by atoms with E-state index in [1.165, 1.54) is 12.3 Å². The van der Waals surface area contributed by atoms with Crippen LogP contribution in [0, 0.1) is 26.6 Å². The Kier molecular flexibility index (Phi) is 5.99. The van der Waals surface area contributed by atoms with Crippen molar-refractivity contribution in [2.45, 2.75) is 39.7 Å². The Morgan fingerprint density at radius 2 is 1.89 bits per heavy atom. The second-order valence-electron chi connectivity index (χ2n) is 9.05. The molecule has 0 spiro atoms. The van der Waals surface area contributed by atoms with Gasteiger partial charge in [0.05, 0.1) is 16.9 Å². The zero-order chi connectivity index (χ0) is 25.7. The Bertz CT molecular complexity index is 1670. The van der Waals surface area contributed by atoms with Gasteiger partial charge in [0.25, 0.3) is 5.56 Å². The summed E-state index contributed by atoms with van der Waals surface area (Å²) in [5.74, 6) is -0.123. The molecule has 1 aromatic carbocycles. The molecular weight excluding hydrogens is 483 g/mol. The molecular formula is C26H25FN4O4S. The summed E-state index contributed by atoms with van der Waals surface area (Å²) in [6.07, 6.45) is 4.76. The number of aromatic nitrogens is 2. The van der Waals surface area contributed by atoms with E-state index < -0.39 is 22.4 Å². The average molecular weight is 509 g/mol. The summed E-state index contributed by atoms with van der Waals surface area (Å²) in [6, 6.07) is 8.16. The van der Waals surface area contributed by atoms with E-state index in [0.717, 1.165) is 18.4 Å². The van der Waals surface area contributed by atoms with Crippen LogP contribution >= 0.6 is 0 Å². The van der Waals surface area contributed by atoms with Crippen molar-refractivity contribution < 1.29 is 13.0 Å². The lowest BCUT2D eigenvalue weighted by atomic mass is 10.0. The molecule has 3 aromatic heterocycles. The molecule has 1 aliphatic rings. The van der Waals surface area contributed by atoms with E-state index in [2.05, 4.69) is 15.0 Å². The van der Waals surface area contributed by atoms with Crippen molar-refractivity contribution in [3.63, 3.8) is 0 Å². The first kappa shape index (κ1) is 23.9. The number of hydrogen-bond donors (Lipinski definition) is 2. The SMILES string of the molecule is Cc1ccc(Nc2c(C)c(=O)oc3c(-c4ccnc(NS(C)=O)c4)c(C)n(C4CC4)c(=O)c23)c(F)c1. The topological polar surface area (TPSA) is 106 Å². The summed E-state index contributed by atoms with van der Waals surface area (Å²) in [4.78, 5) is 31.0. The van der Waals surface area contributed by atoms with E-state index in [1.54, 1.807) is 48.9 Å². The Morgan fingerprint density at radius 1 is 1.14 bits per heavy atom. The van der Waals surface area contributed by atoms with Crippen LogP contribution in [0.1, 0.15) is 35.7 Å². The molecule has 0 aliphatic heterocycles. The van der Waals surface area contributed by atoms with Crippen LogP contribution in [-0.4, -0.2) is 20.0 Å². The molecule has 8 nitrogen and oxygen atoms in total. The van der Waals surface area contributed by atoms with Gasteiger partial charge in [-0.15, -0.1) is 0 Å². The fourth-order valence-electron chi connectivity index (χ4n) is 4.47. The highest BCUT2D eigenvalue weighted by Crippen LogP contribution is 2.41. The normalized spacial score (nSPS) is 14.1. The van der Waals surface area contributed by atoms with E-state index >= 15 is 0 Å². The van der Waals surface area contributed by atoms with Gasteiger partial charge in [0.15, 0.2) is 5.58 Å². The van der Waals surface area contributed by atoms with Crippen molar-refractivity contribution in [1.82, 2.24) is 9.55 Å². The number of nitrogens with one attached hydrogen (secondary N) is 2. The van der Waals surface area contributed by atoms with Crippen LogP contribution < -0.4 is 21.2 Å². The third kappa shape index (κ3) is 4.21. The van der Waals surface area contributed by atoms with Crippen molar-refractivity contribution >= 4 is 39.1 Å². The summed E-state index contributed by atoms with van der Waals surface area (Å²) >= 11 is 0. The van der Waals surface area contributed by atoms with E-state index in [4.69, 9.17) is 4.42 Å². The second-order valence-corrected chi connectivity index (χ2v) is 10.2. The van der Waals surface area contributed by atoms with Gasteiger partial charge in [-0.25, -0.2) is 18.4 Å². The number of nitrogens with zero attached hydrogens (tertiary/aromatic N) is 2. The Morgan fingerprint density at radius 3 is 2.56 bits per heavy atom. The zero-order valence-corrected chi connectivity index (χ0v) is 21.1. The Hall–Kier alpha value is -3.79. The van der Waals surface area contributed by atoms with Gasteiger partial charge in [-0.2, -0.15) is 0 Å². The molecule has 36 heavy (non-hydrogen) atoms. The lowest BCUT2D eigenvalue weighted by Gasteiger charge is -2.19. The number of aryl methyl sites for hydroxylation is 1. The maximum absolute atomic E-state index is 14.8. The highest BCUT2D eigenvalue weighted by atomic mass is 32.2. The number of hydrogen-bond acceptors (Lipinski definition) is 6. The maximum atomic E-state index is 14.8. The van der Waals surface area contributed by atoms with Crippen molar-refractivity contribution in [2.24, 2.45) is 0 Å². The molecule has 1 fully saturated rings. The summed E-state index contributed by atoms with van der Waals surface area (Å²) in [5.41, 5.74) is 2.28. The lowest BCUT2D eigenvalue weighted by Crippen LogP contribution is -2.25. The van der Waals surface area contributed by atoms with Crippen LogP contribution in [0.25, 0.3) is 22.1 Å². The van der Waals surface area contributed by atoms with Gasteiger partial charge in [0.1, 0.15) is 28.0 Å². The van der Waals surface area contributed by atoms with E-state index in [1.807, 2.05) is 6.92 Å². The highest BCUT2D eigenvalue weighted by molar-refractivity contribution is 7.85. The molecule has 10 heteroatoms. The fourth-order valence-corrected chi connectivity index (χ4v) is 4.88. The first-order valence-corrected chi connectivity index (χ1v) is 13.0. The predicted octanol–water partition coefficient (Wildman–Crippen LogP) is 4.86. The Balaban J connectivity index is 1.85. The first-order valence-electron chi connectivity index (χ1n) is 11.5. The predicted molar refractivity (Wildman–Crippen MR) is 140 cm³/mol. The van der Waals surface area contributed by atoms with Crippen molar-refractivity contribution in [3.8, 4) is 11.1 Å². The third-order valence-electron chi connectivity index (χ3n) is 6.33. The van der Waals surface area contributed by atoms with E-state index in [0.29, 0.717) is 22.6 Å². The summed E-state index contributed by atoms with van der Waals surface area (Å²) in [6.45, 7) is 5.14. The van der Waals surface area contributed by atoms with Crippen LogP contribution in [0.2, 0.25) is 0 Å². The molecule has 1 aliphatic carbocycles.